The van der Waals surface area contributed by atoms with Crippen molar-refractivity contribution in [1.82, 2.24) is 9.88 Å². The quantitative estimate of drug-likeness (QED) is 0.754. The maximum absolute atomic E-state index is 12.6. The molecule has 114 valence electrons. The van der Waals surface area contributed by atoms with Crippen molar-refractivity contribution in [3.05, 3.63) is 30.1 Å². The van der Waals surface area contributed by atoms with Crippen LogP contribution in [0, 0.1) is 11.8 Å². The first-order chi connectivity index (χ1) is 10.1. The van der Waals surface area contributed by atoms with E-state index in [1.165, 1.54) is 7.11 Å². The molecule has 1 fully saturated rings. The molecule has 0 aromatic carbocycles. The Morgan fingerprint density at radius 3 is 2.52 bits per heavy atom. The summed E-state index contributed by atoms with van der Waals surface area (Å²) in [5, 5.41) is 0. The molecule has 1 aliphatic rings. The van der Waals surface area contributed by atoms with E-state index in [9.17, 15) is 9.59 Å². The van der Waals surface area contributed by atoms with Crippen molar-refractivity contribution in [2.45, 2.75) is 32.7 Å². The van der Waals surface area contributed by atoms with Crippen molar-refractivity contribution in [2.24, 2.45) is 11.8 Å². The van der Waals surface area contributed by atoms with Gasteiger partial charge in [-0.15, -0.1) is 0 Å². The fraction of sp³-hybridized carbons (Fsp3) is 0.562. The van der Waals surface area contributed by atoms with Crippen molar-refractivity contribution in [3.63, 3.8) is 0 Å². The summed E-state index contributed by atoms with van der Waals surface area (Å²) in [5.74, 6) is -0.697. The van der Waals surface area contributed by atoms with Crippen molar-refractivity contribution < 1.29 is 14.3 Å². The lowest BCUT2D eigenvalue weighted by Crippen LogP contribution is -2.36. The fourth-order valence-electron chi connectivity index (χ4n) is 2.84. The van der Waals surface area contributed by atoms with Crippen LogP contribution in [0.1, 0.15) is 38.3 Å². The number of esters is 1. The highest BCUT2D eigenvalue weighted by Gasteiger charge is 2.50. The first-order valence-corrected chi connectivity index (χ1v) is 7.42. The zero-order valence-electron chi connectivity index (χ0n) is 12.8. The minimum Gasteiger partial charge on any atom is -0.469 e. The number of carbonyl (C=O) groups excluding carboxylic acids is 2. The second-order valence-electron chi connectivity index (χ2n) is 5.30. The van der Waals surface area contributed by atoms with Crippen LogP contribution >= 0.6 is 0 Å². The number of carbonyl (C=O) groups is 2. The van der Waals surface area contributed by atoms with Crippen LogP contribution in [0.4, 0.5) is 0 Å². The van der Waals surface area contributed by atoms with E-state index in [-0.39, 0.29) is 29.8 Å². The lowest BCUT2D eigenvalue weighted by Gasteiger charge is -2.30. The zero-order chi connectivity index (χ0) is 15.4. The summed E-state index contributed by atoms with van der Waals surface area (Å²) in [5.41, 5.74) is 1.08. The predicted molar refractivity (Wildman–Crippen MR) is 78.3 cm³/mol. The van der Waals surface area contributed by atoms with Gasteiger partial charge < -0.3 is 9.64 Å². The molecule has 1 amide bonds. The Labute approximate surface area is 125 Å². The molecule has 5 heteroatoms. The molecule has 21 heavy (non-hydrogen) atoms. The molecule has 0 unspecified atom stereocenters. The van der Waals surface area contributed by atoms with E-state index in [0.717, 1.165) is 12.0 Å². The minimum atomic E-state index is -0.277. The number of ether oxygens (including phenoxy) is 1. The maximum atomic E-state index is 12.6. The van der Waals surface area contributed by atoms with Crippen molar-refractivity contribution >= 4 is 11.9 Å². The molecule has 1 saturated carbocycles. The number of nitrogens with zero attached hydrogens (tertiary/aromatic N) is 2. The summed E-state index contributed by atoms with van der Waals surface area (Å²) >= 11 is 0. The van der Waals surface area contributed by atoms with Crippen LogP contribution < -0.4 is 0 Å². The van der Waals surface area contributed by atoms with Gasteiger partial charge in [-0.3, -0.25) is 14.6 Å². The molecule has 0 saturated heterocycles. The molecule has 1 aliphatic carbocycles. The SMILES string of the molecule is CC[C@H](c1ccncc1)N(CC)C(=O)[C@H]1C[C@@H]1C(=O)OC. The van der Waals surface area contributed by atoms with E-state index < -0.39 is 0 Å². The summed E-state index contributed by atoms with van der Waals surface area (Å²) in [6, 6.07) is 3.91. The lowest BCUT2D eigenvalue weighted by atomic mass is 10.0. The first-order valence-electron chi connectivity index (χ1n) is 7.42. The van der Waals surface area contributed by atoms with Gasteiger partial charge >= 0.3 is 5.97 Å². The zero-order valence-corrected chi connectivity index (χ0v) is 12.8. The number of pyridine rings is 1. The molecular weight excluding hydrogens is 268 g/mol. The third kappa shape index (κ3) is 3.23. The van der Waals surface area contributed by atoms with Gasteiger partial charge in [0, 0.05) is 18.9 Å². The van der Waals surface area contributed by atoms with Crippen molar-refractivity contribution in [1.29, 1.82) is 0 Å². The van der Waals surface area contributed by atoms with E-state index >= 15 is 0 Å². The first kappa shape index (κ1) is 15.5. The average Bonchev–Trinajstić information content (AvgIpc) is 3.32. The molecule has 1 aromatic rings. The molecule has 2 rings (SSSR count). The highest BCUT2D eigenvalue weighted by Crippen LogP contribution is 2.42. The van der Waals surface area contributed by atoms with Crippen LogP contribution in [0.15, 0.2) is 24.5 Å². The van der Waals surface area contributed by atoms with Crippen LogP contribution in [0.25, 0.3) is 0 Å². The molecule has 0 N–H and O–H groups in total. The molecule has 1 aromatic heterocycles. The Morgan fingerprint density at radius 2 is 2.00 bits per heavy atom. The number of hydrogen-bond donors (Lipinski definition) is 0. The third-order valence-electron chi connectivity index (χ3n) is 4.09. The van der Waals surface area contributed by atoms with Gasteiger partial charge in [-0.1, -0.05) is 6.92 Å². The molecule has 0 aliphatic heterocycles. The molecular formula is C16H22N2O3. The molecule has 3 atom stereocenters. The number of methoxy groups -OCH3 is 1. The van der Waals surface area contributed by atoms with Crippen LogP contribution in [-0.4, -0.2) is 35.4 Å². The molecule has 0 bridgehead atoms. The summed E-state index contributed by atoms with van der Waals surface area (Å²) < 4.78 is 4.72. The van der Waals surface area contributed by atoms with E-state index in [0.29, 0.717) is 13.0 Å². The average molecular weight is 290 g/mol. The summed E-state index contributed by atoms with van der Waals surface area (Å²) in [6.07, 6.45) is 4.92. The second-order valence-corrected chi connectivity index (χ2v) is 5.30. The van der Waals surface area contributed by atoms with Crippen LogP contribution in [-0.2, 0) is 14.3 Å². The smallest absolute Gasteiger partial charge is 0.309 e. The van der Waals surface area contributed by atoms with Gasteiger partial charge in [0.25, 0.3) is 0 Å². The molecule has 0 radical (unpaired) electrons. The van der Waals surface area contributed by atoms with E-state index in [1.807, 2.05) is 24.0 Å². The van der Waals surface area contributed by atoms with Gasteiger partial charge in [0.15, 0.2) is 0 Å². The number of rotatable bonds is 6. The van der Waals surface area contributed by atoms with Crippen molar-refractivity contribution in [2.75, 3.05) is 13.7 Å². The Bertz CT molecular complexity index is 504. The fourth-order valence-corrected chi connectivity index (χ4v) is 2.84. The Morgan fingerprint density at radius 1 is 1.33 bits per heavy atom. The topological polar surface area (TPSA) is 59.5 Å². The normalized spacial score (nSPS) is 21.5. The predicted octanol–water partition coefficient (Wildman–Crippen LogP) is 2.19. The standard InChI is InChI=1S/C16H22N2O3/c1-4-14(11-6-8-17-9-7-11)18(5-2)15(19)12-10-13(12)16(20)21-3/h6-9,12-14H,4-5,10H2,1-3H3/t12-,13-,14+/m0/s1. The van der Waals surface area contributed by atoms with Crippen LogP contribution in [0.2, 0.25) is 0 Å². The largest absolute Gasteiger partial charge is 0.469 e. The van der Waals surface area contributed by atoms with E-state index in [4.69, 9.17) is 4.74 Å². The Hall–Kier alpha value is -1.91. The maximum Gasteiger partial charge on any atom is 0.309 e. The van der Waals surface area contributed by atoms with Gasteiger partial charge in [0.1, 0.15) is 0 Å². The third-order valence-corrected chi connectivity index (χ3v) is 4.09. The highest BCUT2D eigenvalue weighted by atomic mass is 16.5. The Kier molecular flexibility index (Phi) is 4.94. The van der Waals surface area contributed by atoms with E-state index in [1.54, 1.807) is 12.4 Å². The molecule has 5 nitrogen and oxygen atoms in total. The summed E-state index contributed by atoms with van der Waals surface area (Å²) in [6.45, 7) is 4.66. The van der Waals surface area contributed by atoms with E-state index in [2.05, 4.69) is 11.9 Å². The van der Waals surface area contributed by atoms with Crippen molar-refractivity contribution in [3.8, 4) is 0 Å². The van der Waals surface area contributed by atoms with Crippen LogP contribution in [0.3, 0.4) is 0 Å². The minimum absolute atomic E-state index is 0.0318. The summed E-state index contributed by atoms with van der Waals surface area (Å²) in [4.78, 5) is 30.0. The highest BCUT2D eigenvalue weighted by molar-refractivity contribution is 5.90. The monoisotopic (exact) mass is 290 g/mol. The summed E-state index contributed by atoms with van der Waals surface area (Å²) in [7, 11) is 1.37. The molecule has 0 spiro atoms. The number of amides is 1. The molecule has 1 heterocycles. The van der Waals surface area contributed by atoms with Crippen LogP contribution in [0.5, 0.6) is 0 Å². The van der Waals surface area contributed by atoms with Gasteiger partial charge in [-0.05, 0) is 37.5 Å². The Balaban J connectivity index is 2.12. The lowest BCUT2D eigenvalue weighted by molar-refractivity contribution is -0.145. The second kappa shape index (κ2) is 6.70. The van der Waals surface area contributed by atoms with Gasteiger partial charge in [0.2, 0.25) is 5.91 Å². The number of hydrogen-bond acceptors (Lipinski definition) is 4. The number of aromatic nitrogens is 1. The van der Waals surface area contributed by atoms with Gasteiger partial charge in [0.05, 0.1) is 25.0 Å². The van der Waals surface area contributed by atoms with Gasteiger partial charge in [-0.25, -0.2) is 0 Å². The van der Waals surface area contributed by atoms with Gasteiger partial charge in [-0.2, -0.15) is 0 Å².